The van der Waals surface area contributed by atoms with Crippen LogP contribution in [0, 0.1) is 5.82 Å². The minimum Gasteiger partial charge on any atom is -0.378 e. The Labute approximate surface area is 239 Å². The van der Waals surface area contributed by atoms with Crippen LogP contribution in [0.5, 0.6) is 0 Å². The molecule has 1 amide bonds. The number of piperazine rings is 1. The van der Waals surface area contributed by atoms with Gasteiger partial charge in [0, 0.05) is 69.8 Å². The summed E-state index contributed by atoms with van der Waals surface area (Å²) in [7, 11) is 3.22. The maximum Gasteiger partial charge on any atom is 0.417 e. The summed E-state index contributed by atoms with van der Waals surface area (Å²) in [5.74, 6) is -1.31. The number of aryl methyl sites for hydroxylation is 1. The zero-order valence-electron chi connectivity index (χ0n) is 23.4. The van der Waals surface area contributed by atoms with E-state index in [1.807, 2.05) is 23.8 Å². The number of anilines is 3. The summed E-state index contributed by atoms with van der Waals surface area (Å²) in [5, 5.41) is 2.58. The van der Waals surface area contributed by atoms with Crippen LogP contribution in [0.15, 0.2) is 41.5 Å². The second-order valence-electron chi connectivity index (χ2n) is 10.5. The summed E-state index contributed by atoms with van der Waals surface area (Å²) in [4.78, 5) is 40.1. The molecule has 5 rings (SSSR count). The van der Waals surface area contributed by atoms with Crippen LogP contribution >= 0.6 is 0 Å². The van der Waals surface area contributed by atoms with Gasteiger partial charge in [-0.3, -0.25) is 9.59 Å². The van der Waals surface area contributed by atoms with E-state index in [1.54, 1.807) is 0 Å². The van der Waals surface area contributed by atoms with Crippen LogP contribution in [0.2, 0.25) is 0 Å². The fourth-order valence-corrected chi connectivity index (χ4v) is 5.04. The standard InChI is InChI=1S/C28H31F4N7O3/c1-17-15-39(7-6-36(17)2)24-14-21(29)18(22-4-5-33-27(35-22)38-8-10-42-11-9-38)12-23(24)34-26(41)19-16-37(3)25(40)13-20(19)28(30,31)32/h4-5,12-14,16-17H,6-11,15H2,1-3H3,(H,34,41). The van der Waals surface area contributed by atoms with Crippen molar-refractivity contribution in [2.75, 3.05) is 68.1 Å². The minimum absolute atomic E-state index is 0.0460. The third-order valence-electron chi connectivity index (χ3n) is 7.63. The van der Waals surface area contributed by atoms with E-state index >= 15 is 4.39 Å². The number of nitrogens with zero attached hydrogens (tertiary/aromatic N) is 6. The lowest BCUT2D eigenvalue weighted by Gasteiger charge is -2.39. The van der Waals surface area contributed by atoms with E-state index < -0.39 is 34.6 Å². The molecule has 2 fully saturated rings. The summed E-state index contributed by atoms with van der Waals surface area (Å²) < 4.78 is 63.5. The number of rotatable bonds is 5. The number of carbonyl (C=O) groups excluding carboxylic acids is 1. The number of amides is 1. The van der Waals surface area contributed by atoms with Crippen LogP contribution in [0.3, 0.4) is 0 Å². The van der Waals surface area contributed by atoms with Crippen molar-refractivity contribution in [3.63, 3.8) is 0 Å². The first-order valence-corrected chi connectivity index (χ1v) is 13.5. The summed E-state index contributed by atoms with van der Waals surface area (Å²) in [6, 6.07) is 4.67. The fourth-order valence-electron chi connectivity index (χ4n) is 5.04. The highest BCUT2D eigenvalue weighted by Crippen LogP contribution is 2.36. The number of hydrogen-bond donors (Lipinski definition) is 1. The molecule has 1 unspecified atom stereocenters. The molecule has 0 spiro atoms. The van der Waals surface area contributed by atoms with Crippen molar-refractivity contribution < 1.29 is 27.1 Å². The molecule has 0 radical (unpaired) electrons. The largest absolute Gasteiger partial charge is 0.417 e. The van der Waals surface area contributed by atoms with Crippen molar-refractivity contribution in [1.82, 2.24) is 19.4 Å². The van der Waals surface area contributed by atoms with E-state index in [2.05, 4.69) is 20.2 Å². The Morgan fingerprint density at radius 2 is 1.81 bits per heavy atom. The highest BCUT2D eigenvalue weighted by molar-refractivity contribution is 6.07. The fraction of sp³-hybridized carbons (Fsp3) is 0.429. The van der Waals surface area contributed by atoms with Crippen LogP contribution < -0.4 is 20.7 Å². The van der Waals surface area contributed by atoms with Gasteiger partial charge in [-0.25, -0.2) is 14.4 Å². The second-order valence-corrected chi connectivity index (χ2v) is 10.5. The van der Waals surface area contributed by atoms with E-state index in [0.29, 0.717) is 63.6 Å². The topological polar surface area (TPSA) is 95.8 Å². The molecule has 14 heteroatoms. The number of pyridine rings is 1. The van der Waals surface area contributed by atoms with E-state index in [1.165, 1.54) is 31.4 Å². The molecule has 224 valence electrons. The van der Waals surface area contributed by atoms with Crippen molar-refractivity contribution in [3.8, 4) is 11.3 Å². The van der Waals surface area contributed by atoms with Gasteiger partial charge in [0.15, 0.2) is 0 Å². The molecule has 42 heavy (non-hydrogen) atoms. The third-order valence-corrected chi connectivity index (χ3v) is 7.63. The Balaban J connectivity index is 1.58. The lowest BCUT2D eigenvalue weighted by atomic mass is 10.0. The smallest absolute Gasteiger partial charge is 0.378 e. The molecule has 1 atom stereocenters. The quantitative estimate of drug-likeness (QED) is 0.454. The zero-order chi connectivity index (χ0) is 30.2. The van der Waals surface area contributed by atoms with Gasteiger partial charge < -0.3 is 29.3 Å². The van der Waals surface area contributed by atoms with Crippen LogP contribution in [0.25, 0.3) is 11.3 Å². The first-order valence-electron chi connectivity index (χ1n) is 13.5. The van der Waals surface area contributed by atoms with Crippen molar-refractivity contribution in [2.24, 2.45) is 7.05 Å². The van der Waals surface area contributed by atoms with Crippen molar-refractivity contribution in [2.45, 2.75) is 19.1 Å². The first kappa shape index (κ1) is 29.5. The molecule has 0 saturated carbocycles. The number of aromatic nitrogens is 3. The second kappa shape index (κ2) is 11.7. The number of benzene rings is 1. The predicted molar refractivity (Wildman–Crippen MR) is 149 cm³/mol. The Hall–Kier alpha value is -4.04. The van der Waals surface area contributed by atoms with Crippen molar-refractivity contribution in [3.05, 3.63) is 64.0 Å². The van der Waals surface area contributed by atoms with Crippen LogP contribution in [-0.2, 0) is 18.0 Å². The summed E-state index contributed by atoms with van der Waals surface area (Å²) >= 11 is 0. The van der Waals surface area contributed by atoms with E-state index in [4.69, 9.17) is 4.74 Å². The van der Waals surface area contributed by atoms with Gasteiger partial charge in [0.05, 0.1) is 41.4 Å². The molecule has 2 aliphatic heterocycles. The molecule has 0 bridgehead atoms. The molecular formula is C28H31F4N7O3. The van der Waals surface area contributed by atoms with Gasteiger partial charge in [-0.05, 0) is 32.2 Å². The average molecular weight is 590 g/mol. The van der Waals surface area contributed by atoms with Crippen molar-refractivity contribution in [1.29, 1.82) is 0 Å². The normalized spacial score (nSPS) is 18.3. The van der Waals surface area contributed by atoms with E-state index in [-0.39, 0.29) is 23.0 Å². The number of carbonyl (C=O) groups is 1. The third kappa shape index (κ3) is 6.09. The highest BCUT2D eigenvalue weighted by Gasteiger charge is 2.36. The number of hydrogen-bond acceptors (Lipinski definition) is 8. The van der Waals surface area contributed by atoms with Gasteiger partial charge in [-0.15, -0.1) is 0 Å². The Kier molecular flexibility index (Phi) is 8.19. The SMILES string of the molecule is CC1CN(c2cc(F)c(-c3ccnc(N4CCOCC4)n3)cc2NC(=O)c2cn(C)c(=O)cc2C(F)(F)F)CCN1C. The number of alkyl halides is 3. The highest BCUT2D eigenvalue weighted by atomic mass is 19.4. The molecule has 1 aromatic carbocycles. The van der Waals surface area contributed by atoms with Gasteiger partial charge in [-0.1, -0.05) is 0 Å². The Bertz CT molecular complexity index is 1540. The predicted octanol–water partition coefficient (Wildman–Crippen LogP) is 3.23. The molecule has 1 N–H and O–H groups in total. The number of likely N-dealkylation sites (N-methyl/N-ethyl adjacent to an activating group) is 1. The first-order chi connectivity index (χ1) is 19.9. The number of morpholine rings is 1. The Morgan fingerprint density at radius 3 is 2.50 bits per heavy atom. The molecule has 2 saturated heterocycles. The maximum absolute atomic E-state index is 15.8. The molecule has 10 nitrogen and oxygen atoms in total. The zero-order valence-corrected chi connectivity index (χ0v) is 23.4. The summed E-state index contributed by atoms with van der Waals surface area (Å²) in [5.41, 5.74) is -2.27. The summed E-state index contributed by atoms with van der Waals surface area (Å²) in [6.07, 6.45) is -2.59. The van der Waals surface area contributed by atoms with Crippen LogP contribution in [-0.4, -0.2) is 84.4 Å². The average Bonchev–Trinajstić information content (AvgIpc) is 2.96. The van der Waals surface area contributed by atoms with Gasteiger partial charge >= 0.3 is 6.18 Å². The number of halogens is 4. The van der Waals surface area contributed by atoms with E-state index in [0.717, 1.165) is 10.8 Å². The van der Waals surface area contributed by atoms with Crippen LogP contribution in [0.4, 0.5) is 34.9 Å². The maximum atomic E-state index is 15.8. The number of ether oxygens (including phenoxy) is 1. The van der Waals surface area contributed by atoms with E-state index in [9.17, 15) is 22.8 Å². The van der Waals surface area contributed by atoms with Gasteiger partial charge in [0.1, 0.15) is 5.82 Å². The monoisotopic (exact) mass is 589 g/mol. The molecule has 3 aromatic rings. The lowest BCUT2D eigenvalue weighted by Crippen LogP contribution is -2.50. The van der Waals surface area contributed by atoms with Gasteiger partial charge in [0.25, 0.3) is 11.5 Å². The molecule has 2 aliphatic rings. The van der Waals surface area contributed by atoms with Gasteiger partial charge in [-0.2, -0.15) is 13.2 Å². The van der Waals surface area contributed by atoms with Crippen LogP contribution in [0.1, 0.15) is 22.8 Å². The summed E-state index contributed by atoms with van der Waals surface area (Å²) in [6.45, 7) is 5.80. The van der Waals surface area contributed by atoms with Gasteiger partial charge in [0.2, 0.25) is 5.95 Å². The minimum atomic E-state index is -4.94. The molecule has 2 aromatic heterocycles. The molecular weight excluding hydrogens is 558 g/mol. The lowest BCUT2D eigenvalue weighted by molar-refractivity contribution is -0.138. The molecule has 0 aliphatic carbocycles. The number of nitrogens with one attached hydrogen (secondary N) is 1. The molecule has 4 heterocycles. The Morgan fingerprint density at radius 1 is 1.07 bits per heavy atom. The van der Waals surface area contributed by atoms with Crippen molar-refractivity contribution >= 4 is 23.2 Å².